The zero-order valence-electron chi connectivity index (χ0n) is 8.35. The minimum atomic E-state index is -0.494. The van der Waals surface area contributed by atoms with E-state index in [0.29, 0.717) is 13.1 Å². The molecule has 76 valence electrons. The average molecular weight is 193 g/mol. The molecule has 2 rings (SSSR count). The van der Waals surface area contributed by atoms with Crippen molar-refractivity contribution in [2.45, 2.75) is 25.4 Å². The summed E-state index contributed by atoms with van der Waals surface area (Å²) in [6.07, 6.45) is 6.94. The number of anilines is 1. The lowest BCUT2D eigenvalue weighted by Crippen LogP contribution is -2.62. The van der Waals surface area contributed by atoms with Gasteiger partial charge in [0.1, 0.15) is 5.82 Å². The van der Waals surface area contributed by atoms with Crippen LogP contribution >= 0.6 is 0 Å². The summed E-state index contributed by atoms with van der Waals surface area (Å²) < 4.78 is 0. The molecule has 4 nitrogen and oxygen atoms in total. The van der Waals surface area contributed by atoms with Crippen molar-refractivity contribution < 1.29 is 5.11 Å². The number of hydrogen-bond acceptors (Lipinski definition) is 4. The summed E-state index contributed by atoms with van der Waals surface area (Å²) in [5, 5.41) is 9.95. The van der Waals surface area contributed by atoms with Crippen LogP contribution in [-0.2, 0) is 0 Å². The number of aromatic nitrogens is 2. The van der Waals surface area contributed by atoms with Gasteiger partial charge in [0.2, 0.25) is 0 Å². The van der Waals surface area contributed by atoms with Gasteiger partial charge < -0.3 is 10.0 Å². The van der Waals surface area contributed by atoms with Crippen molar-refractivity contribution in [3.63, 3.8) is 0 Å². The summed E-state index contributed by atoms with van der Waals surface area (Å²) in [5.74, 6) is 0.855. The third-order valence-corrected chi connectivity index (χ3v) is 2.56. The second kappa shape index (κ2) is 3.53. The van der Waals surface area contributed by atoms with Crippen LogP contribution in [-0.4, -0.2) is 33.8 Å². The lowest BCUT2D eigenvalue weighted by atomic mass is 9.89. The van der Waals surface area contributed by atoms with Crippen molar-refractivity contribution >= 4 is 5.82 Å². The normalized spacial score (nSPS) is 19.1. The molecule has 0 aromatic carbocycles. The maximum Gasteiger partial charge on any atom is 0.147 e. The summed E-state index contributed by atoms with van der Waals surface area (Å²) in [6, 6.07) is 0. The zero-order valence-corrected chi connectivity index (χ0v) is 8.35. The Hall–Kier alpha value is -1.16. The van der Waals surface area contributed by atoms with Gasteiger partial charge in [-0.1, -0.05) is 13.3 Å². The van der Waals surface area contributed by atoms with Crippen molar-refractivity contribution in [2.24, 2.45) is 0 Å². The van der Waals surface area contributed by atoms with E-state index < -0.39 is 5.60 Å². The lowest BCUT2D eigenvalue weighted by molar-refractivity contribution is 0.00291. The number of nitrogens with zero attached hydrogens (tertiary/aromatic N) is 3. The fraction of sp³-hybridized carbons (Fsp3) is 0.600. The van der Waals surface area contributed by atoms with Crippen LogP contribution in [0.4, 0.5) is 5.82 Å². The van der Waals surface area contributed by atoms with Crippen LogP contribution in [0.2, 0.25) is 0 Å². The van der Waals surface area contributed by atoms with Crippen LogP contribution in [0.15, 0.2) is 18.6 Å². The highest BCUT2D eigenvalue weighted by atomic mass is 16.3. The van der Waals surface area contributed by atoms with Crippen LogP contribution in [0.1, 0.15) is 19.8 Å². The van der Waals surface area contributed by atoms with Crippen LogP contribution in [0.5, 0.6) is 0 Å². The lowest BCUT2D eigenvalue weighted by Gasteiger charge is -2.47. The summed E-state index contributed by atoms with van der Waals surface area (Å²) in [7, 11) is 0. The number of β-amino-alcohol motifs (C(OH)–C–C–N with tert-alkyl or cyclic N) is 1. The fourth-order valence-corrected chi connectivity index (χ4v) is 1.90. The Balaban J connectivity index is 1.95. The molecule has 14 heavy (non-hydrogen) atoms. The molecule has 0 atom stereocenters. The van der Waals surface area contributed by atoms with Gasteiger partial charge in [-0.3, -0.25) is 4.98 Å². The van der Waals surface area contributed by atoms with Crippen LogP contribution in [0.25, 0.3) is 0 Å². The Bertz CT molecular complexity index is 295. The summed E-state index contributed by atoms with van der Waals surface area (Å²) in [6.45, 7) is 3.45. The SMILES string of the molecule is CCCC1(O)CN(c2cnccn2)C1. The summed E-state index contributed by atoms with van der Waals surface area (Å²) in [4.78, 5) is 10.2. The Kier molecular flexibility index (Phi) is 2.37. The molecule has 0 aliphatic carbocycles. The highest BCUT2D eigenvalue weighted by molar-refractivity contribution is 5.41. The molecule has 1 aliphatic heterocycles. The van der Waals surface area contributed by atoms with Gasteiger partial charge in [-0.05, 0) is 6.42 Å². The number of aliphatic hydroxyl groups is 1. The highest BCUT2D eigenvalue weighted by Crippen LogP contribution is 2.28. The first-order chi connectivity index (χ1) is 6.73. The average Bonchev–Trinajstić information content (AvgIpc) is 2.16. The Labute approximate surface area is 83.6 Å². The zero-order chi connectivity index (χ0) is 10.0. The Morgan fingerprint density at radius 1 is 1.50 bits per heavy atom. The molecule has 4 heteroatoms. The molecule has 0 bridgehead atoms. The van der Waals surface area contributed by atoms with Gasteiger partial charge in [0.15, 0.2) is 0 Å². The molecule has 1 N–H and O–H groups in total. The topological polar surface area (TPSA) is 49.2 Å². The fourth-order valence-electron chi connectivity index (χ4n) is 1.90. The molecule has 2 heterocycles. The quantitative estimate of drug-likeness (QED) is 0.772. The Morgan fingerprint density at radius 3 is 2.86 bits per heavy atom. The molecule has 1 aromatic rings. The van der Waals surface area contributed by atoms with Crippen LogP contribution in [0.3, 0.4) is 0 Å². The van der Waals surface area contributed by atoms with E-state index in [-0.39, 0.29) is 0 Å². The smallest absolute Gasteiger partial charge is 0.147 e. The van der Waals surface area contributed by atoms with E-state index in [1.165, 1.54) is 0 Å². The van der Waals surface area contributed by atoms with Crippen molar-refractivity contribution in [1.82, 2.24) is 9.97 Å². The number of rotatable bonds is 3. The standard InChI is InChI=1S/C10H15N3O/c1-2-3-10(14)7-13(8-10)9-6-11-4-5-12-9/h4-6,14H,2-3,7-8H2,1H3. The van der Waals surface area contributed by atoms with Crippen LogP contribution < -0.4 is 4.90 Å². The largest absolute Gasteiger partial charge is 0.386 e. The van der Waals surface area contributed by atoms with Gasteiger partial charge in [0.25, 0.3) is 0 Å². The van der Waals surface area contributed by atoms with Gasteiger partial charge in [0.05, 0.1) is 24.9 Å². The van der Waals surface area contributed by atoms with Gasteiger partial charge in [-0.25, -0.2) is 4.98 Å². The first kappa shape index (κ1) is 9.40. The minimum Gasteiger partial charge on any atom is -0.386 e. The van der Waals surface area contributed by atoms with Gasteiger partial charge in [-0.15, -0.1) is 0 Å². The maximum absolute atomic E-state index is 9.95. The van der Waals surface area contributed by atoms with E-state index in [1.807, 2.05) is 4.90 Å². The molecule has 1 aromatic heterocycles. The molecule has 0 amide bonds. The number of hydrogen-bond donors (Lipinski definition) is 1. The van der Waals surface area contributed by atoms with Gasteiger partial charge in [-0.2, -0.15) is 0 Å². The van der Waals surface area contributed by atoms with E-state index >= 15 is 0 Å². The molecule has 0 saturated carbocycles. The van der Waals surface area contributed by atoms with Crippen molar-refractivity contribution in [3.8, 4) is 0 Å². The van der Waals surface area contributed by atoms with E-state index in [4.69, 9.17) is 0 Å². The first-order valence-corrected chi connectivity index (χ1v) is 4.97. The Morgan fingerprint density at radius 2 is 2.29 bits per heavy atom. The molecule has 1 aliphatic rings. The summed E-state index contributed by atoms with van der Waals surface area (Å²) >= 11 is 0. The molecular weight excluding hydrogens is 178 g/mol. The molecule has 1 saturated heterocycles. The first-order valence-electron chi connectivity index (χ1n) is 4.97. The highest BCUT2D eigenvalue weighted by Gasteiger charge is 2.40. The maximum atomic E-state index is 9.95. The molecule has 0 radical (unpaired) electrons. The summed E-state index contributed by atoms with van der Waals surface area (Å²) in [5.41, 5.74) is -0.494. The minimum absolute atomic E-state index is 0.494. The molecule has 1 fully saturated rings. The second-order valence-corrected chi connectivity index (χ2v) is 3.89. The molecular formula is C10H15N3O. The molecule has 0 spiro atoms. The predicted octanol–water partition coefficient (Wildman–Crippen LogP) is 0.828. The van der Waals surface area contributed by atoms with Gasteiger partial charge in [0, 0.05) is 12.4 Å². The van der Waals surface area contributed by atoms with Crippen LogP contribution in [0, 0.1) is 0 Å². The molecule has 0 unspecified atom stereocenters. The third kappa shape index (κ3) is 1.70. The monoisotopic (exact) mass is 193 g/mol. The van der Waals surface area contributed by atoms with Crippen molar-refractivity contribution in [2.75, 3.05) is 18.0 Å². The van der Waals surface area contributed by atoms with E-state index in [0.717, 1.165) is 18.7 Å². The van der Waals surface area contributed by atoms with Crippen molar-refractivity contribution in [1.29, 1.82) is 0 Å². The van der Waals surface area contributed by atoms with Crippen molar-refractivity contribution in [3.05, 3.63) is 18.6 Å². The van der Waals surface area contributed by atoms with E-state index in [9.17, 15) is 5.11 Å². The predicted molar refractivity (Wildman–Crippen MR) is 54.1 cm³/mol. The van der Waals surface area contributed by atoms with E-state index in [1.54, 1.807) is 18.6 Å². The third-order valence-electron chi connectivity index (χ3n) is 2.56. The van der Waals surface area contributed by atoms with Gasteiger partial charge >= 0.3 is 0 Å². The van der Waals surface area contributed by atoms with E-state index in [2.05, 4.69) is 16.9 Å². The second-order valence-electron chi connectivity index (χ2n) is 3.89.